The van der Waals surface area contributed by atoms with Gasteiger partial charge in [0.05, 0.1) is 0 Å². The maximum Gasteiger partial charge on any atom is 0.0417 e. The lowest BCUT2D eigenvalue weighted by Crippen LogP contribution is -2.46. The molecule has 0 saturated carbocycles. The molecule has 2 aliphatic heterocycles. The molecule has 0 aromatic heterocycles. The molecule has 2 bridgehead atoms. The number of hydrogen-bond acceptors (Lipinski definition) is 2. The fourth-order valence-electron chi connectivity index (χ4n) is 3.43. The van der Waals surface area contributed by atoms with Gasteiger partial charge in [-0.05, 0) is 50.4 Å². The molecule has 1 aromatic rings. The van der Waals surface area contributed by atoms with E-state index >= 15 is 0 Å². The first-order valence-electron chi connectivity index (χ1n) is 7.02. The third-order valence-electron chi connectivity index (χ3n) is 4.51. The third kappa shape index (κ3) is 3.15. The molecule has 1 aromatic carbocycles. The monoisotopic (exact) mass is 342 g/mol. The molecule has 4 heteroatoms. The molecular formula is C15H20BrClN2. The standard InChI is InChI=1S/C15H20BrClN2/c1-19(9-10-2-3-11(17)6-15(10)16)14-7-12-4-5-13(8-14)18-12/h2-3,6,12-14,18H,4-5,7-9H2,1H3. The second-order valence-corrected chi connectivity index (χ2v) is 7.20. The molecule has 2 nitrogen and oxygen atoms in total. The highest BCUT2D eigenvalue weighted by Gasteiger charge is 2.34. The maximum absolute atomic E-state index is 6.00. The van der Waals surface area contributed by atoms with E-state index in [1.165, 1.54) is 31.2 Å². The summed E-state index contributed by atoms with van der Waals surface area (Å²) in [6.45, 7) is 0.988. The van der Waals surface area contributed by atoms with Gasteiger partial charge in [0, 0.05) is 34.2 Å². The van der Waals surface area contributed by atoms with Crippen molar-refractivity contribution in [3.8, 4) is 0 Å². The van der Waals surface area contributed by atoms with E-state index in [4.69, 9.17) is 11.6 Å². The number of nitrogens with zero attached hydrogens (tertiary/aromatic N) is 1. The first-order chi connectivity index (χ1) is 9.11. The molecule has 104 valence electrons. The number of nitrogens with one attached hydrogen (secondary N) is 1. The van der Waals surface area contributed by atoms with Crippen LogP contribution >= 0.6 is 27.5 Å². The minimum Gasteiger partial charge on any atom is -0.311 e. The molecule has 1 N–H and O–H groups in total. The first-order valence-corrected chi connectivity index (χ1v) is 8.19. The van der Waals surface area contributed by atoms with Gasteiger partial charge in [0.15, 0.2) is 0 Å². The van der Waals surface area contributed by atoms with E-state index in [2.05, 4.69) is 39.3 Å². The second kappa shape index (κ2) is 5.72. The van der Waals surface area contributed by atoms with Crippen molar-refractivity contribution in [3.05, 3.63) is 33.3 Å². The Morgan fingerprint density at radius 3 is 2.63 bits per heavy atom. The van der Waals surface area contributed by atoms with Gasteiger partial charge in [0.25, 0.3) is 0 Å². The number of rotatable bonds is 3. The van der Waals surface area contributed by atoms with Gasteiger partial charge in [-0.3, -0.25) is 4.90 Å². The topological polar surface area (TPSA) is 15.3 Å². The zero-order valence-corrected chi connectivity index (χ0v) is 13.5. The van der Waals surface area contributed by atoms with Crippen LogP contribution in [0.2, 0.25) is 5.02 Å². The van der Waals surface area contributed by atoms with Gasteiger partial charge in [-0.15, -0.1) is 0 Å². The quantitative estimate of drug-likeness (QED) is 0.897. The summed E-state index contributed by atoms with van der Waals surface area (Å²) < 4.78 is 1.11. The van der Waals surface area contributed by atoms with E-state index in [-0.39, 0.29) is 0 Å². The number of benzene rings is 1. The Hall–Kier alpha value is -0.0900. The van der Waals surface area contributed by atoms with Crippen molar-refractivity contribution in [2.24, 2.45) is 0 Å². The smallest absolute Gasteiger partial charge is 0.0417 e. The Balaban J connectivity index is 1.66. The minimum atomic E-state index is 0.710. The maximum atomic E-state index is 6.00. The van der Waals surface area contributed by atoms with Crippen molar-refractivity contribution in [3.63, 3.8) is 0 Å². The summed E-state index contributed by atoms with van der Waals surface area (Å²) in [5.74, 6) is 0. The van der Waals surface area contributed by atoms with Crippen LogP contribution < -0.4 is 5.32 Å². The predicted octanol–water partition coefficient (Wildman–Crippen LogP) is 3.82. The van der Waals surface area contributed by atoms with E-state index < -0.39 is 0 Å². The van der Waals surface area contributed by atoms with Crippen LogP contribution in [0.1, 0.15) is 31.2 Å². The van der Waals surface area contributed by atoms with Crippen LogP contribution in [0.5, 0.6) is 0 Å². The van der Waals surface area contributed by atoms with Crippen molar-refractivity contribution >= 4 is 27.5 Å². The Kier molecular flexibility index (Phi) is 4.18. The van der Waals surface area contributed by atoms with E-state index in [1.807, 2.05) is 12.1 Å². The molecule has 19 heavy (non-hydrogen) atoms. The van der Waals surface area contributed by atoms with Crippen LogP contribution in [-0.4, -0.2) is 30.1 Å². The fraction of sp³-hybridized carbons (Fsp3) is 0.600. The Morgan fingerprint density at radius 1 is 1.32 bits per heavy atom. The summed E-state index contributed by atoms with van der Waals surface area (Å²) in [6, 6.07) is 8.29. The molecule has 2 heterocycles. The van der Waals surface area contributed by atoms with Crippen LogP contribution in [0.4, 0.5) is 0 Å². The average molecular weight is 344 g/mol. The summed E-state index contributed by atoms with van der Waals surface area (Å²) in [5.41, 5.74) is 1.32. The van der Waals surface area contributed by atoms with Crippen LogP contribution in [0.25, 0.3) is 0 Å². The molecule has 2 fully saturated rings. The van der Waals surface area contributed by atoms with Crippen molar-refractivity contribution < 1.29 is 0 Å². The van der Waals surface area contributed by atoms with Gasteiger partial charge in [-0.1, -0.05) is 33.6 Å². The lowest BCUT2D eigenvalue weighted by molar-refractivity contribution is 0.165. The summed E-state index contributed by atoms with van der Waals surface area (Å²) in [4.78, 5) is 2.50. The molecule has 2 aliphatic rings. The third-order valence-corrected chi connectivity index (χ3v) is 5.48. The number of piperidine rings is 1. The van der Waals surface area contributed by atoms with Crippen LogP contribution in [0.3, 0.4) is 0 Å². The fourth-order valence-corrected chi connectivity index (χ4v) is 4.24. The lowest BCUT2D eigenvalue weighted by atomic mass is 9.98. The highest BCUT2D eigenvalue weighted by atomic mass is 79.9. The normalized spacial score (nSPS) is 30.0. The molecule has 2 saturated heterocycles. The molecule has 0 radical (unpaired) electrons. The number of hydrogen-bond donors (Lipinski definition) is 1. The largest absolute Gasteiger partial charge is 0.311 e. The highest BCUT2D eigenvalue weighted by molar-refractivity contribution is 9.10. The van der Waals surface area contributed by atoms with Crippen molar-refractivity contribution in [1.29, 1.82) is 0 Å². The Bertz CT molecular complexity index is 453. The van der Waals surface area contributed by atoms with Crippen molar-refractivity contribution in [1.82, 2.24) is 10.2 Å². The predicted molar refractivity (Wildman–Crippen MR) is 83.6 cm³/mol. The summed E-state index contributed by atoms with van der Waals surface area (Å²) in [6.07, 6.45) is 5.30. The minimum absolute atomic E-state index is 0.710. The highest BCUT2D eigenvalue weighted by Crippen LogP contribution is 2.31. The Morgan fingerprint density at radius 2 is 2.00 bits per heavy atom. The van der Waals surface area contributed by atoms with Gasteiger partial charge >= 0.3 is 0 Å². The number of halogens is 2. The van der Waals surface area contributed by atoms with E-state index in [9.17, 15) is 0 Å². The van der Waals surface area contributed by atoms with Crippen LogP contribution in [0.15, 0.2) is 22.7 Å². The molecule has 0 spiro atoms. The zero-order chi connectivity index (χ0) is 13.4. The SMILES string of the molecule is CN(Cc1ccc(Cl)cc1Br)C1CC2CCC(C1)N2. The molecular weight excluding hydrogens is 324 g/mol. The Labute approximate surface area is 128 Å². The zero-order valence-electron chi connectivity index (χ0n) is 11.2. The molecule has 2 unspecified atom stereocenters. The van der Waals surface area contributed by atoms with Gasteiger partial charge in [0.1, 0.15) is 0 Å². The summed E-state index contributed by atoms with van der Waals surface area (Å²) in [7, 11) is 2.25. The molecule has 0 aliphatic carbocycles. The van der Waals surface area contributed by atoms with Crippen LogP contribution in [-0.2, 0) is 6.54 Å². The van der Waals surface area contributed by atoms with Crippen LogP contribution in [0, 0.1) is 0 Å². The first kappa shape index (κ1) is 13.9. The van der Waals surface area contributed by atoms with Gasteiger partial charge < -0.3 is 5.32 Å². The summed E-state index contributed by atoms with van der Waals surface area (Å²) in [5, 5.41) is 4.49. The lowest BCUT2D eigenvalue weighted by Gasteiger charge is -2.35. The molecule has 3 rings (SSSR count). The second-order valence-electron chi connectivity index (χ2n) is 5.91. The van der Waals surface area contributed by atoms with Gasteiger partial charge in [-0.25, -0.2) is 0 Å². The summed E-state index contributed by atoms with van der Waals surface area (Å²) >= 11 is 9.61. The van der Waals surface area contributed by atoms with E-state index in [1.54, 1.807) is 0 Å². The van der Waals surface area contributed by atoms with E-state index in [0.717, 1.165) is 28.1 Å². The molecule has 0 amide bonds. The molecule has 2 atom stereocenters. The van der Waals surface area contributed by atoms with Crippen molar-refractivity contribution in [2.45, 2.75) is 50.4 Å². The average Bonchev–Trinajstić information content (AvgIpc) is 2.71. The van der Waals surface area contributed by atoms with Gasteiger partial charge in [0.2, 0.25) is 0 Å². The van der Waals surface area contributed by atoms with Gasteiger partial charge in [-0.2, -0.15) is 0 Å². The van der Waals surface area contributed by atoms with Crippen molar-refractivity contribution in [2.75, 3.05) is 7.05 Å². The van der Waals surface area contributed by atoms with E-state index in [0.29, 0.717) is 6.04 Å². The number of fused-ring (bicyclic) bond motifs is 2.